The van der Waals surface area contributed by atoms with E-state index >= 15 is 0 Å². The molecule has 1 amide bonds. The van der Waals surface area contributed by atoms with Crippen molar-refractivity contribution in [1.29, 1.82) is 0 Å². The quantitative estimate of drug-likeness (QED) is 0.262. The molecule has 0 saturated carbocycles. The predicted octanol–water partition coefficient (Wildman–Crippen LogP) is -0.846. The van der Waals surface area contributed by atoms with Crippen LogP contribution in [0, 0.1) is 5.92 Å². The topological polar surface area (TPSA) is 213 Å². The summed E-state index contributed by atoms with van der Waals surface area (Å²) in [6.07, 6.45) is 5.55. The molecule has 0 bridgehead atoms. The molecule has 2 aromatic heterocycles. The van der Waals surface area contributed by atoms with Crippen LogP contribution in [-0.2, 0) is 20.9 Å². The van der Waals surface area contributed by atoms with Gasteiger partial charge in [-0.25, -0.2) is 14.8 Å². The van der Waals surface area contributed by atoms with E-state index < -0.39 is 35.4 Å². The van der Waals surface area contributed by atoms with Crippen LogP contribution in [0.1, 0.15) is 31.4 Å². The van der Waals surface area contributed by atoms with E-state index in [1.54, 1.807) is 6.08 Å². The molecule has 3 rings (SSSR count). The van der Waals surface area contributed by atoms with Crippen molar-refractivity contribution in [1.82, 2.24) is 30.6 Å². The first-order chi connectivity index (χ1) is 15.2. The highest BCUT2D eigenvalue weighted by Crippen LogP contribution is 2.19. The van der Waals surface area contributed by atoms with Crippen molar-refractivity contribution in [3.05, 3.63) is 34.4 Å². The molecule has 170 valence electrons. The van der Waals surface area contributed by atoms with Crippen LogP contribution in [0.15, 0.2) is 23.1 Å². The number of aromatic nitrogens is 4. The summed E-state index contributed by atoms with van der Waals surface area (Å²) in [6.45, 7) is 0.328. The number of nitrogens with one attached hydrogen (secondary N) is 3. The number of amides is 1. The predicted molar refractivity (Wildman–Crippen MR) is 111 cm³/mol. The van der Waals surface area contributed by atoms with Gasteiger partial charge >= 0.3 is 11.9 Å². The number of aliphatic carboxylic acids is 2. The number of nitrogen functional groups attached to an aromatic ring is 1. The van der Waals surface area contributed by atoms with Gasteiger partial charge in [0, 0.05) is 19.0 Å². The monoisotopic (exact) mass is 445 g/mol. The van der Waals surface area contributed by atoms with Crippen molar-refractivity contribution in [2.45, 2.75) is 44.3 Å². The Morgan fingerprint density at radius 3 is 2.66 bits per heavy atom. The van der Waals surface area contributed by atoms with Crippen molar-refractivity contribution in [2.24, 2.45) is 5.92 Å². The smallest absolute Gasteiger partial charge is 0.326 e. The first-order valence-corrected chi connectivity index (χ1v) is 9.91. The van der Waals surface area contributed by atoms with Crippen LogP contribution < -0.4 is 21.9 Å². The maximum absolute atomic E-state index is 12.4. The van der Waals surface area contributed by atoms with Crippen molar-refractivity contribution in [3.8, 4) is 0 Å². The van der Waals surface area contributed by atoms with Crippen LogP contribution in [-0.4, -0.2) is 60.1 Å². The summed E-state index contributed by atoms with van der Waals surface area (Å²) in [4.78, 5) is 60.8. The minimum atomic E-state index is -1.27. The molecule has 0 radical (unpaired) electrons. The molecule has 3 unspecified atom stereocenters. The molecule has 0 aliphatic heterocycles. The van der Waals surface area contributed by atoms with Crippen molar-refractivity contribution in [3.63, 3.8) is 0 Å². The number of carboxylic acids is 2. The Morgan fingerprint density at radius 1 is 1.22 bits per heavy atom. The Balaban J connectivity index is 1.54. The van der Waals surface area contributed by atoms with Gasteiger partial charge in [-0.3, -0.25) is 19.4 Å². The van der Waals surface area contributed by atoms with Crippen LogP contribution >= 0.6 is 0 Å². The highest BCUT2D eigenvalue weighted by Gasteiger charge is 2.26. The third-order valence-corrected chi connectivity index (χ3v) is 4.99. The van der Waals surface area contributed by atoms with Crippen LogP contribution in [0.2, 0.25) is 0 Å². The highest BCUT2D eigenvalue weighted by atomic mass is 16.4. The summed E-state index contributed by atoms with van der Waals surface area (Å²) in [6, 6.07) is -1.30. The van der Waals surface area contributed by atoms with Gasteiger partial charge in [-0.15, -0.1) is 0 Å². The molecule has 0 aromatic carbocycles. The Bertz CT molecular complexity index is 1120. The van der Waals surface area contributed by atoms with E-state index in [2.05, 4.69) is 30.6 Å². The fraction of sp³-hybridized carbons (Fsp3) is 0.421. The van der Waals surface area contributed by atoms with Gasteiger partial charge in [0.25, 0.3) is 5.56 Å². The Labute approximate surface area is 181 Å². The molecular weight excluding hydrogens is 422 g/mol. The zero-order valence-electron chi connectivity index (χ0n) is 16.9. The number of aromatic amines is 1. The summed E-state index contributed by atoms with van der Waals surface area (Å²) in [5.41, 5.74) is 5.79. The van der Waals surface area contributed by atoms with Gasteiger partial charge in [0.1, 0.15) is 6.04 Å². The lowest BCUT2D eigenvalue weighted by molar-refractivity contribution is -0.143. The summed E-state index contributed by atoms with van der Waals surface area (Å²) < 4.78 is 0. The molecule has 0 spiro atoms. The molecule has 0 saturated heterocycles. The molecule has 13 nitrogen and oxygen atoms in total. The van der Waals surface area contributed by atoms with Crippen molar-refractivity contribution >= 4 is 35.0 Å². The Kier molecular flexibility index (Phi) is 7.10. The Hall–Kier alpha value is -3.87. The van der Waals surface area contributed by atoms with E-state index in [1.165, 1.54) is 6.20 Å². The molecule has 3 atom stereocenters. The number of nitrogens with two attached hydrogens (primary N) is 1. The number of carbonyl (C=O) groups excluding carboxylic acids is 1. The minimum Gasteiger partial charge on any atom is -0.481 e. The lowest BCUT2D eigenvalue weighted by Gasteiger charge is -2.24. The molecule has 32 heavy (non-hydrogen) atoms. The lowest BCUT2D eigenvalue weighted by Crippen LogP contribution is -2.44. The van der Waals surface area contributed by atoms with E-state index in [1.807, 2.05) is 6.08 Å². The van der Waals surface area contributed by atoms with E-state index in [0.717, 1.165) is 0 Å². The summed E-state index contributed by atoms with van der Waals surface area (Å²) in [7, 11) is 0. The summed E-state index contributed by atoms with van der Waals surface area (Å²) >= 11 is 0. The maximum atomic E-state index is 12.4. The molecule has 1 aliphatic carbocycles. The van der Waals surface area contributed by atoms with Crippen LogP contribution in [0.4, 0.5) is 5.95 Å². The number of anilines is 1. The molecule has 1 aliphatic rings. The van der Waals surface area contributed by atoms with Gasteiger partial charge in [0.15, 0.2) is 11.2 Å². The van der Waals surface area contributed by atoms with Gasteiger partial charge in [-0.05, 0) is 19.3 Å². The fourth-order valence-electron chi connectivity index (χ4n) is 3.30. The Morgan fingerprint density at radius 2 is 2.00 bits per heavy atom. The van der Waals surface area contributed by atoms with E-state index in [4.69, 9.17) is 10.8 Å². The largest absolute Gasteiger partial charge is 0.481 e. The fourth-order valence-corrected chi connectivity index (χ4v) is 3.30. The third kappa shape index (κ3) is 5.85. The number of nitrogens with zero attached hydrogens (tertiary/aromatic N) is 3. The molecular formula is C19H23N7O6. The number of rotatable bonds is 9. The van der Waals surface area contributed by atoms with Gasteiger partial charge in [-0.1, -0.05) is 12.2 Å². The zero-order valence-corrected chi connectivity index (χ0v) is 16.9. The number of carboxylic acid groups (broad SMARTS) is 2. The first-order valence-electron chi connectivity index (χ1n) is 9.91. The average molecular weight is 445 g/mol. The normalized spacial score (nSPS) is 18.9. The average Bonchev–Trinajstić information content (AvgIpc) is 2.75. The maximum Gasteiger partial charge on any atom is 0.326 e. The van der Waals surface area contributed by atoms with Crippen LogP contribution in [0.5, 0.6) is 0 Å². The SMILES string of the molecule is Nc1nc2ncc(CNC3C=CC(C(=O)NC(CCC(=O)O)C(=O)O)CC3)nc2c(=O)[nH]1. The molecule has 0 fully saturated rings. The van der Waals surface area contributed by atoms with Crippen LogP contribution in [0.25, 0.3) is 11.2 Å². The summed E-state index contributed by atoms with van der Waals surface area (Å²) in [5, 5.41) is 23.5. The van der Waals surface area contributed by atoms with Gasteiger partial charge in [0.05, 0.1) is 17.8 Å². The van der Waals surface area contributed by atoms with Crippen molar-refractivity contribution < 1.29 is 24.6 Å². The molecule has 2 aromatic rings. The lowest BCUT2D eigenvalue weighted by atomic mass is 9.91. The molecule has 7 N–H and O–H groups in total. The number of H-pyrrole nitrogens is 1. The van der Waals surface area contributed by atoms with Crippen LogP contribution in [0.3, 0.4) is 0 Å². The first kappa shape index (κ1) is 22.8. The second-order valence-electron chi connectivity index (χ2n) is 7.37. The van der Waals surface area contributed by atoms with E-state index in [9.17, 15) is 24.3 Å². The van der Waals surface area contributed by atoms with Gasteiger partial charge in [0.2, 0.25) is 11.9 Å². The second-order valence-corrected chi connectivity index (χ2v) is 7.37. The van der Waals surface area contributed by atoms with E-state index in [-0.39, 0.29) is 36.0 Å². The standard InChI is InChI=1S/C19H23N7O6/c20-19-25-15-14(17(30)26-19)23-11(8-22-15)7-21-10-3-1-9(2-4-10)16(29)24-12(18(31)32)5-6-13(27)28/h1,3,8-10,12,21H,2,4-7H2,(H,24,29)(H,27,28)(H,31,32)(H3,20,22,25,26,30). The minimum absolute atomic E-state index is 0.0369. The van der Waals surface area contributed by atoms with Gasteiger partial charge < -0.3 is 26.6 Å². The molecule has 2 heterocycles. The van der Waals surface area contributed by atoms with Gasteiger partial charge in [-0.2, -0.15) is 4.98 Å². The number of hydrogen-bond acceptors (Lipinski definition) is 9. The summed E-state index contributed by atoms with van der Waals surface area (Å²) in [5.74, 6) is -3.39. The number of carbonyl (C=O) groups is 3. The second kappa shape index (κ2) is 9.96. The van der Waals surface area contributed by atoms with E-state index in [0.29, 0.717) is 25.1 Å². The molecule has 13 heteroatoms. The highest BCUT2D eigenvalue weighted by molar-refractivity contribution is 5.86. The number of hydrogen-bond donors (Lipinski definition) is 6. The third-order valence-electron chi connectivity index (χ3n) is 4.99. The van der Waals surface area contributed by atoms with Crippen molar-refractivity contribution in [2.75, 3.05) is 5.73 Å². The number of fused-ring (bicyclic) bond motifs is 1. The zero-order chi connectivity index (χ0) is 23.3.